The van der Waals surface area contributed by atoms with Crippen LogP contribution in [-0.4, -0.2) is 35.0 Å². The zero-order valence-electron chi connectivity index (χ0n) is 10.6. The third-order valence-corrected chi connectivity index (χ3v) is 2.72. The van der Waals surface area contributed by atoms with Crippen LogP contribution in [0.3, 0.4) is 0 Å². The van der Waals surface area contributed by atoms with E-state index in [-0.39, 0.29) is 17.5 Å². The van der Waals surface area contributed by atoms with Crippen molar-refractivity contribution in [3.63, 3.8) is 0 Å². The monoisotopic (exact) mass is 298 g/mol. The molecule has 3 heterocycles. The molecule has 0 saturated heterocycles. The highest BCUT2D eigenvalue weighted by atomic mass is 19.4. The number of anilines is 1. The first-order valence-corrected chi connectivity index (χ1v) is 5.86. The summed E-state index contributed by atoms with van der Waals surface area (Å²) in [5.41, 5.74) is 0.0141. The van der Waals surface area contributed by atoms with E-state index in [1.54, 1.807) is 6.92 Å². The Hall–Kier alpha value is -2.72. The minimum Gasteiger partial charge on any atom is -0.359 e. The molecule has 0 amide bonds. The van der Waals surface area contributed by atoms with E-state index in [0.717, 1.165) is 0 Å². The maximum Gasteiger partial charge on any atom is 0.453 e. The summed E-state index contributed by atoms with van der Waals surface area (Å²) in [4.78, 5) is 3.95. The van der Waals surface area contributed by atoms with Crippen LogP contribution in [0.25, 0.3) is 5.65 Å². The molecule has 3 aromatic rings. The molecule has 8 nitrogen and oxygen atoms in total. The molecular formula is C10H9F3N8. The zero-order valence-corrected chi connectivity index (χ0v) is 10.6. The van der Waals surface area contributed by atoms with Crippen molar-refractivity contribution in [3.05, 3.63) is 30.1 Å². The second kappa shape index (κ2) is 4.68. The molecule has 0 spiro atoms. The van der Waals surface area contributed by atoms with E-state index in [0.29, 0.717) is 10.3 Å². The Morgan fingerprint density at radius 2 is 2.10 bits per heavy atom. The zero-order chi connectivity index (χ0) is 15.0. The molecule has 0 bridgehead atoms. The minimum absolute atomic E-state index is 0.0141. The maximum atomic E-state index is 12.8. The molecule has 11 heteroatoms. The Labute approximate surface area is 115 Å². The Balaban J connectivity index is 1.93. The quantitative estimate of drug-likeness (QED) is 0.759. The molecule has 3 rings (SSSR count). The van der Waals surface area contributed by atoms with Gasteiger partial charge in [0.25, 0.3) is 5.82 Å². The average molecular weight is 298 g/mol. The predicted octanol–water partition coefficient (Wildman–Crippen LogP) is 1.43. The largest absolute Gasteiger partial charge is 0.453 e. The van der Waals surface area contributed by atoms with E-state index in [4.69, 9.17) is 0 Å². The van der Waals surface area contributed by atoms with Crippen LogP contribution in [0.15, 0.2) is 18.5 Å². The second-order valence-electron chi connectivity index (χ2n) is 4.25. The highest BCUT2D eigenvalue weighted by molar-refractivity contribution is 5.44. The summed E-state index contributed by atoms with van der Waals surface area (Å²) in [5, 5.41) is 19.7. The van der Waals surface area contributed by atoms with Gasteiger partial charge in [-0.2, -0.15) is 22.8 Å². The Kier molecular flexibility index (Phi) is 2.96. The van der Waals surface area contributed by atoms with Crippen molar-refractivity contribution in [1.29, 1.82) is 0 Å². The van der Waals surface area contributed by atoms with Crippen LogP contribution in [0.2, 0.25) is 0 Å². The summed E-state index contributed by atoms with van der Waals surface area (Å²) in [5.74, 6) is -0.401. The number of aromatic nitrogens is 7. The number of aromatic amines is 1. The van der Waals surface area contributed by atoms with Crippen molar-refractivity contribution in [2.75, 3.05) is 5.32 Å². The van der Waals surface area contributed by atoms with Gasteiger partial charge in [0.05, 0.1) is 6.04 Å². The van der Waals surface area contributed by atoms with E-state index in [2.05, 4.69) is 35.8 Å². The number of hydrogen-bond donors (Lipinski definition) is 2. The Bertz CT molecular complexity index is 747. The number of H-pyrrole nitrogens is 1. The summed E-state index contributed by atoms with van der Waals surface area (Å²) < 4.78 is 38.9. The summed E-state index contributed by atoms with van der Waals surface area (Å²) in [6.45, 7) is 1.77. The maximum absolute atomic E-state index is 12.8. The number of fused-ring (bicyclic) bond motifs is 1. The van der Waals surface area contributed by atoms with E-state index < -0.39 is 12.0 Å². The van der Waals surface area contributed by atoms with Gasteiger partial charge in [-0.15, -0.1) is 15.3 Å². The summed E-state index contributed by atoms with van der Waals surface area (Å²) in [6, 6.07) is 2.60. The minimum atomic E-state index is -4.62. The summed E-state index contributed by atoms with van der Waals surface area (Å²) in [6.07, 6.45) is -3.28. The lowest BCUT2D eigenvalue weighted by atomic mass is 10.3. The molecule has 0 aliphatic heterocycles. The third-order valence-electron chi connectivity index (χ3n) is 2.72. The Morgan fingerprint density at radius 1 is 1.29 bits per heavy atom. The second-order valence-corrected chi connectivity index (χ2v) is 4.25. The van der Waals surface area contributed by atoms with Gasteiger partial charge in [0.15, 0.2) is 5.65 Å². The summed E-state index contributed by atoms with van der Waals surface area (Å²) >= 11 is 0. The van der Waals surface area contributed by atoms with Crippen molar-refractivity contribution in [1.82, 2.24) is 35.0 Å². The van der Waals surface area contributed by atoms with E-state index in [1.165, 1.54) is 18.5 Å². The van der Waals surface area contributed by atoms with Gasteiger partial charge in [0, 0.05) is 0 Å². The summed E-state index contributed by atoms with van der Waals surface area (Å²) in [7, 11) is 0. The number of rotatable bonds is 3. The molecule has 2 N–H and O–H groups in total. The van der Waals surface area contributed by atoms with Crippen molar-refractivity contribution in [2.45, 2.75) is 19.1 Å². The first-order valence-electron chi connectivity index (χ1n) is 5.86. The first-order chi connectivity index (χ1) is 9.95. The number of hydrogen-bond acceptors (Lipinski definition) is 6. The van der Waals surface area contributed by atoms with Gasteiger partial charge in [-0.3, -0.25) is 5.10 Å². The van der Waals surface area contributed by atoms with Gasteiger partial charge in [0.2, 0.25) is 0 Å². The van der Waals surface area contributed by atoms with Crippen molar-refractivity contribution in [2.24, 2.45) is 0 Å². The van der Waals surface area contributed by atoms with Crippen LogP contribution in [0.5, 0.6) is 0 Å². The molecule has 0 radical (unpaired) electrons. The fraction of sp³-hybridized carbons (Fsp3) is 0.300. The van der Waals surface area contributed by atoms with Crippen LogP contribution < -0.4 is 5.32 Å². The van der Waals surface area contributed by atoms with Gasteiger partial charge in [0.1, 0.15) is 18.0 Å². The highest BCUT2D eigenvalue weighted by Crippen LogP contribution is 2.27. The lowest BCUT2D eigenvalue weighted by molar-refractivity contribution is -0.146. The smallest absolute Gasteiger partial charge is 0.359 e. The molecule has 0 fully saturated rings. The molecule has 1 unspecified atom stereocenters. The van der Waals surface area contributed by atoms with E-state index in [9.17, 15) is 13.2 Å². The van der Waals surface area contributed by atoms with Crippen LogP contribution in [0.1, 0.15) is 24.6 Å². The predicted molar refractivity (Wildman–Crippen MR) is 64.2 cm³/mol. The fourth-order valence-electron chi connectivity index (χ4n) is 1.76. The molecule has 0 saturated carbocycles. The van der Waals surface area contributed by atoms with Crippen LogP contribution in [0, 0.1) is 0 Å². The van der Waals surface area contributed by atoms with Crippen molar-refractivity contribution in [3.8, 4) is 0 Å². The lowest BCUT2D eigenvalue weighted by Gasteiger charge is -2.11. The standard InChI is InChI=1S/C10H9F3N8/c1-5(8-14-4-15-18-8)16-6-2-3-7-17-19-9(10(11,12)13)21(7)20-6/h2-5H,1H3,(H,16,20)(H,14,15,18). The van der Waals surface area contributed by atoms with Gasteiger partial charge in [-0.1, -0.05) is 0 Å². The number of nitrogens with one attached hydrogen (secondary N) is 2. The van der Waals surface area contributed by atoms with E-state index in [1.807, 2.05) is 0 Å². The third kappa shape index (κ3) is 2.49. The lowest BCUT2D eigenvalue weighted by Crippen LogP contribution is -2.15. The molecule has 3 aromatic heterocycles. The first kappa shape index (κ1) is 13.3. The Morgan fingerprint density at radius 3 is 2.76 bits per heavy atom. The molecule has 0 aromatic carbocycles. The number of nitrogens with zero attached hydrogens (tertiary/aromatic N) is 6. The molecular weight excluding hydrogens is 289 g/mol. The fourth-order valence-corrected chi connectivity index (χ4v) is 1.76. The van der Waals surface area contributed by atoms with Gasteiger partial charge in [-0.25, -0.2) is 4.98 Å². The van der Waals surface area contributed by atoms with E-state index >= 15 is 0 Å². The topological polar surface area (TPSA) is 96.7 Å². The normalized spacial score (nSPS) is 13.5. The SMILES string of the molecule is CC(Nc1ccc2nnc(C(F)(F)F)n2n1)c1ncn[nH]1. The van der Waals surface area contributed by atoms with Crippen LogP contribution in [0.4, 0.5) is 19.0 Å². The highest BCUT2D eigenvalue weighted by Gasteiger charge is 2.37. The van der Waals surface area contributed by atoms with Crippen LogP contribution >= 0.6 is 0 Å². The van der Waals surface area contributed by atoms with Gasteiger partial charge in [-0.05, 0) is 19.1 Å². The molecule has 21 heavy (non-hydrogen) atoms. The van der Waals surface area contributed by atoms with Gasteiger partial charge >= 0.3 is 6.18 Å². The number of alkyl halides is 3. The molecule has 0 aliphatic rings. The number of halogens is 3. The molecule has 110 valence electrons. The molecule has 1 atom stereocenters. The van der Waals surface area contributed by atoms with Gasteiger partial charge < -0.3 is 5.32 Å². The average Bonchev–Trinajstić information content (AvgIpc) is 3.06. The van der Waals surface area contributed by atoms with Crippen molar-refractivity contribution >= 4 is 11.5 Å². The van der Waals surface area contributed by atoms with Crippen LogP contribution in [-0.2, 0) is 6.18 Å². The molecule has 0 aliphatic carbocycles. The van der Waals surface area contributed by atoms with Crippen molar-refractivity contribution < 1.29 is 13.2 Å².